The lowest BCUT2D eigenvalue weighted by Gasteiger charge is -2.21. The van der Waals surface area contributed by atoms with Gasteiger partial charge in [-0.3, -0.25) is 9.59 Å². The molecule has 0 aromatic heterocycles. The molecule has 0 aliphatic rings. The van der Waals surface area contributed by atoms with Crippen LogP contribution in [0.25, 0.3) is 0 Å². The molecular formula is C10H18O6P+. The summed E-state index contributed by atoms with van der Waals surface area (Å²) < 4.78 is 15.8. The highest BCUT2D eigenvalue weighted by molar-refractivity contribution is 7.38. The second kappa shape index (κ2) is 6.67. The first-order valence-corrected chi connectivity index (χ1v) is 6.60. The van der Waals surface area contributed by atoms with Crippen LogP contribution in [-0.4, -0.2) is 33.7 Å². The summed E-state index contributed by atoms with van der Waals surface area (Å²) in [4.78, 5) is 30.9. The predicted octanol–water partition coefficient (Wildman–Crippen LogP) is 1.54. The maximum absolute atomic E-state index is 11.7. The molecule has 2 unspecified atom stereocenters. The summed E-state index contributed by atoms with van der Waals surface area (Å²) in [7, 11) is -2.49. The summed E-state index contributed by atoms with van der Waals surface area (Å²) in [6.07, 6.45) is -0.490. The molecule has 7 heteroatoms. The number of aliphatic carboxylic acids is 1. The maximum atomic E-state index is 11.7. The van der Waals surface area contributed by atoms with E-state index in [0.29, 0.717) is 0 Å². The molecule has 0 heterocycles. The molecular weight excluding hydrogens is 247 g/mol. The van der Waals surface area contributed by atoms with Crippen LogP contribution in [-0.2, 0) is 18.9 Å². The van der Waals surface area contributed by atoms with Gasteiger partial charge < -0.3 is 9.84 Å². The lowest BCUT2D eigenvalue weighted by atomic mass is 10.1. The van der Waals surface area contributed by atoms with Crippen LogP contribution in [0.15, 0.2) is 0 Å². The van der Waals surface area contributed by atoms with Crippen LogP contribution in [0.4, 0.5) is 0 Å². The Labute approximate surface area is 101 Å². The highest BCUT2D eigenvalue weighted by atomic mass is 31.1. The van der Waals surface area contributed by atoms with E-state index in [2.05, 4.69) is 0 Å². The van der Waals surface area contributed by atoms with Crippen molar-refractivity contribution in [3.63, 3.8) is 0 Å². The van der Waals surface area contributed by atoms with Gasteiger partial charge >= 0.3 is 20.0 Å². The van der Waals surface area contributed by atoms with Gasteiger partial charge in [-0.15, -0.1) is 0 Å². The molecule has 0 fully saturated rings. The lowest BCUT2D eigenvalue weighted by Crippen LogP contribution is -2.30. The molecule has 0 spiro atoms. The van der Waals surface area contributed by atoms with Gasteiger partial charge in [0.05, 0.1) is 0 Å². The topological polar surface area (TPSA) is 101 Å². The average molecular weight is 265 g/mol. The van der Waals surface area contributed by atoms with Crippen molar-refractivity contribution >= 4 is 20.0 Å². The fourth-order valence-corrected chi connectivity index (χ4v) is 1.86. The monoisotopic (exact) mass is 265 g/mol. The largest absolute Gasteiger partial charge is 0.506 e. The molecule has 0 saturated carbocycles. The van der Waals surface area contributed by atoms with Gasteiger partial charge in [0.25, 0.3) is 0 Å². The van der Waals surface area contributed by atoms with Crippen LogP contribution in [0.5, 0.6) is 0 Å². The number of rotatable bonds is 6. The zero-order valence-electron chi connectivity index (χ0n) is 10.2. The average Bonchev–Trinajstić information content (AvgIpc) is 2.08. The van der Waals surface area contributed by atoms with Crippen molar-refractivity contribution in [1.82, 2.24) is 0 Å². The summed E-state index contributed by atoms with van der Waals surface area (Å²) in [5.41, 5.74) is -0.695. The van der Waals surface area contributed by atoms with E-state index < -0.39 is 31.5 Å². The Morgan fingerprint density at radius 2 is 1.88 bits per heavy atom. The van der Waals surface area contributed by atoms with Gasteiger partial charge in [0.2, 0.25) is 0 Å². The smallest absolute Gasteiger partial charge is 0.481 e. The van der Waals surface area contributed by atoms with Crippen LogP contribution < -0.4 is 0 Å². The summed E-state index contributed by atoms with van der Waals surface area (Å²) in [6.45, 7) is 5.04. The van der Waals surface area contributed by atoms with E-state index in [1.54, 1.807) is 20.8 Å². The molecule has 2 atom stereocenters. The quantitative estimate of drug-likeness (QED) is 0.558. The molecule has 6 nitrogen and oxygen atoms in total. The van der Waals surface area contributed by atoms with Crippen molar-refractivity contribution in [1.29, 1.82) is 0 Å². The van der Waals surface area contributed by atoms with Crippen molar-refractivity contribution in [3.8, 4) is 0 Å². The van der Waals surface area contributed by atoms with E-state index in [0.717, 1.165) is 0 Å². The van der Waals surface area contributed by atoms with Crippen LogP contribution in [0.1, 0.15) is 33.6 Å². The van der Waals surface area contributed by atoms with Gasteiger partial charge in [-0.25, -0.2) is 0 Å². The maximum Gasteiger partial charge on any atom is 0.506 e. The Morgan fingerprint density at radius 3 is 2.24 bits per heavy atom. The van der Waals surface area contributed by atoms with Crippen molar-refractivity contribution < 1.29 is 28.9 Å². The van der Waals surface area contributed by atoms with Crippen LogP contribution in [0, 0.1) is 5.92 Å². The highest BCUT2D eigenvalue weighted by Gasteiger charge is 2.32. The lowest BCUT2D eigenvalue weighted by molar-refractivity contribution is -0.159. The third-order valence-corrected chi connectivity index (χ3v) is 2.58. The molecule has 2 N–H and O–H groups in total. The zero-order valence-corrected chi connectivity index (χ0v) is 11.1. The van der Waals surface area contributed by atoms with Crippen LogP contribution in [0.3, 0.4) is 0 Å². The first-order valence-electron chi connectivity index (χ1n) is 5.20. The zero-order chi connectivity index (χ0) is 13.6. The number of ether oxygens (including phenoxy) is 1. The van der Waals surface area contributed by atoms with Crippen molar-refractivity contribution in [3.05, 3.63) is 0 Å². The molecule has 0 amide bonds. The third-order valence-electron chi connectivity index (χ3n) is 1.82. The second-order valence-corrected chi connectivity index (χ2v) is 5.77. The van der Waals surface area contributed by atoms with E-state index in [4.69, 9.17) is 14.7 Å². The Kier molecular flexibility index (Phi) is 6.27. The van der Waals surface area contributed by atoms with Crippen LogP contribution >= 0.6 is 8.03 Å². The number of esters is 1. The number of carbonyl (C=O) groups is 2. The van der Waals surface area contributed by atoms with Gasteiger partial charge in [0.1, 0.15) is 11.5 Å². The first kappa shape index (κ1) is 16.0. The standard InChI is InChI=1S/C10H17O6P/c1-10(2,3)16-9(13)7(6-17(14)15)4-5-8(11)12/h7H,4-6H2,1-3H3,(H-,11,12,14,15)/p+1. The van der Waals surface area contributed by atoms with E-state index in [9.17, 15) is 14.2 Å². The predicted molar refractivity (Wildman–Crippen MR) is 60.9 cm³/mol. The minimum Gasteiger partial charge on any atom is -0.481 e. The normalized spacial score (nSPS) is 14.0. The van der Waals surface area contributed by atoms with Gasteiger partial charge in [-0.1, -0.05) is 0 Å². The molecule has 0 bridgehead atoms. The highest BCUT2D eigenvalue weighted by Crippen LogP contribution is 2.24. The van der Waals surface area contributed by atoms with Gasteiger partial charge in [-0.05, 0) is 31.8 Å². The van der Waals surface area contributed by atoms with Gasteiger partial charge in [0, 0.05) is 6.42 Å². The number of carbonyl (C=O) groups excluding carboxylic acids is 1. The molecule has 0 radical (unpaired) electrons. The van der Waals surface area contributed by atoms with Gasteiger partial charge in [0.15, 0.2) is 6.16 Å². The molecule has 98 valence electrons. The molecule has 0 aromatic rings. The van der Waals surface area contributed by atoms with E-state index in [-0.39, 0.29) is 19.0 Å². The Bertz CT molecular complexity index is 306. The van der Waals surface area contributed by atoms with Crippen molar-refractivity contribution in [2.45, 2.75) is 39.2 Å². The summed E-state index contributed by atoms with van der Waals surface area (Å²) >= 11 is 0. The van der Waals surface area contributed by atoms with E-state index in [1.807, 2.05) is 0 Å². The molecule has 0 aliphatic carbocycles. The minimum atomic E-state index is -2.49. The number of hydrogen-bond donors (Lipinski definition) is 2. The molecule has 17 heavy (non-hydrogen) atoms. The molecule has 0 aromatic carbocycles. The fourth-order valence-electron chi connectivity index (χ4n) is 1.16. The molecule has 0 aliphatic heterocycles. The summed E-state index contributed by atoms with van der Waals surface area (Å²) in [5.74, 6) is -2.53. The minimum absolute atomic E-state index is 0.00583. The summed E-state index contributed by atoms with van der Waals surface area (Å²) in [5, 5.41) is 8.52. The van der Waals surface area contributed by atoms with Crippen LogP contribution in [0.2, 0.25) is 0 Å². The SMILES string of the molecule is CC(C)(C)OC(=O)C(CCC(=O)O)C[P+](=O)O. The van der Waals surface area contributed by atoms with E-state index in [1.165, 1.54) is 0 Å². The van der Waals surface area contributed by atoms with Gasteiger partial charge in [-0.2, -0.15) is 4.89 Å². The Balaban J connectivity index is 4.50. The number of hydrogen-bond acceptors (Lipinski definition) is 4. The van der Waals surface area contributed by atoms with E-state index >= 15 is 0 Å². The number of carboxylic acid groups (broad SMARTS) is 1. The second-order valence-electron chi connectivity index (χ2n) is 4.70. The van der Waals surface area contributed by atoms with Crippen molar-refractivity contribution in [2.75, 3.05) is 6.16 Å². The Hall–Kier alpha value is -1.00. The number of carboxylic acids is 1. The third kappa shape index (κ3) is 8.77. The molecule has 0 rings (SSSR count). The Morgan fingerprint density at radius 1 is 1.35 bits per heavy atom. The molecule has 0 saturated heterocycles. The summed E-state index contributed by atoms with van der Waals surface area (Å²) in [6, 6.07) is 0. The first-order chi connectivity index (χ1) is 7.61. The van der Waals surface area contributed by atoms with Crippen molar-refractivity contribution in [2.24, 2.45) is 5.92 Å². The fraction of sp³-hybridized carbons (Fsp3) is 0.800.